The molecule has 0 spiro atoms. The van der Waals surface area contributed by atoms with Gasteiger partial charge < -0.3 is 20.1 Å². The molecular formula is C17H28N2O4. The van der Waals surface area contributed by atoms with E-state index >= 15 is 0 Å². The lowest BCUT2D eigenvalue weighted by Crippen LogP contribution is -2.54. The molecule has 2 N–H and O–H groups in total. The largest absolute Gasteiger partial charge is 0.501 e. The third-order valence-corrected chi connectivity index (χ3v) is 4.13. The van der Waals surface area contributed by atoms with Gasteiger partial charge in [0.15, 0.2) is 0 Å². The van der Waals surface area contributed by atoms with Crippen molar-refractivity contribution >= 4 is 12.0 Å². The third-order valence-electron chi connectivity index (χ3n) is 4.13. The maximum Gasteiger partial charge on any atom is 0.407 e. The van der Waals surface area contributed by atoms with Crippen molar-refractivity contribution in [2.24, 2.45) is 0 Å². The van der Waals surface area contributed by atoms with Gasteiger partial charge in [0.2, 0.25) is 0 Å². The second-order valence-corrected chi connectivity index (χ2v) is 7.41. The first-order valence-corrected chi connectivity index (χ1v) is 8.40. The lowest BCUT2D eigenvalue weighted by atomic mass is 9.96. The predicted molar refractivity (Wildman–Crippen MR) is 86.8 cm³/mol. The minimum atomic E-state index is -0.527. The lowest BCUT2D eigenvalue weighted by molar-refractivity contribution is -0.119. The van der Waals surface area contributed by atoms with Crippen molar-refractivity contribution < 1.29 is 19.1 Å². The van der Waals surface area contributed by atoms with Crippen molar-refractivity contribution in [2.75, 3.05) is 13.2 Å². The number of alkyl carbamates (subject to hydrolysis) is 1. The van der Waals surface area contributed by atoms with Gasteiger partial charge in [0.05, 0.1) is 24.0 Å². The van der Waals surface area contributed by atoms with Gasteiger partial charge in [-0.3, -0.25) is 4.79 Å². The first-order chi connectivity index (χ1) is 10.8. The van der Waals surface area contributed by atoms with Gasteiger partial charge in [0.1, 0.15) is 5.60 Å². The molecule has 2 aliphatic rings. The Bertz CT molecular complexity index is 473. The fourth-order valence-corrected chi connectivity index (χ4v) is 3.01. The summed E-state index contributed by atoms with van der Waals surface area (Å²) in [5.74, 6) is -0.0856. The predicted octanol–water partition coefficient (Wildman–Crippen LogP) is 2.63. The molecule has 2 amide bonds. The molecular weight excluding hydrogens is 296 g/mol. The summed E-state index contributed by atoms with van der Waals surface area (Å²) in [4.78, 5) is 24.3. The number of amides is 2. The number of carbonyl (C=O) groups excluding carboxylic acids is 2. The van der Waals surface area contributed by atoms with E-state index < -0.39 is 11.7 Å². The SMILES string of the molecule is CC(C)(C)OC(=O)NCC1(NC(=O)C2=COCCC2)CCCC1. The highest BCUT2D eigenvalue weighted by atomic mass is 16.6. The molecule has 0 bridgehead atoms. The highest BCUT2D eigenvalue weighted by molar-refractivity contribution is 5.93. The van der Waals surface area contributed by atoms with E-state index in [-0.39, 0.29) is 11.4 Å². The van der Waals surface area contributed by atoms with Crippen LogP contribution in [0.15, 0.2) is 11.8 Å². The number of hydrogen-bond acceptors (Lipinski definition) is 4. The van der Waals surface area contributed by atoms with Gasteiger partial charge in [-0.15, -0.1) is 0 Å². The standard InChI is InChI=1S/C17H28N2O4/c1-16(2,3)23-15(21)18-12-17(8-4-5-9-17)19-14(20)13-7-6-10-22-11-13/h11H,4-10,12H2,1-3H3,(H,18,21)(H,19,20). The number of ether oxygens (including phenoxy) is 2. The van der Waals surface area contributed by atoms with E-state index in [1.54, 1.807) is 6.26 Å². The topological polar surface area (TPSA) is 76.7 Å². The lowest BCUT2D eigenvalue weighted by Gasteiger charge is -2.32. The molecule has 1 heterocycles. The van der Waals surface area contributed by atoms with Crippen molar-refractivity contribution in [1.29, 1.82) is 0 Å². The fraction of sp³-hybridized carbons (Fsp3) is 0.765. The normalized spacial score (nSPS) is 20.2. The van der Waals surface area contributed by atoms with E-state index in [0.717, 1.165) is 38.5 Å². The van der Waals surface area contributed by atoms with Gasteiger partial charge >= 0.3 is 6.09 Å². The first-order valence-electron chi connectivity index (χ1n) is 8.40. The zero-order valence-electron chi connectivity index (χ0n) is 14.4. The zero-order valence-corrected chi connectivity index (χ0v) is 14.4. The van der Waals surface area contributed by atoms with E-state index in [4.69, 9.17) is 9.47 Å². The Kier molecular flexibility index (Phi) is 5.55. The van der Waals surface area contributed by atoms with Crippen LogP contribution >= 0.6 is 0 Å². The number of carbonyl (C=O) groups is 2. The van der Waals surface area contributed by atoms with Crippen LogP contribution in [0.4, 0.5) is 4.79 Å². The molecule has 130 valence electrons. The van der Waals surface area contributed by atoms with Gasteiger partial charge in [-0.2, -0.15) is 0 Å². The van der Waals surface area contributed by atoms with Crippen LogP contribution in [0, 0.1) is 0 Å². The highest BCUT2D eigenvalue weighted by Crippen LogP contribution is 2.30. The molecule has 0 aromatic carbocycles. The first kappa shape index (κ1) is 17.6. The van der Waals surface area contributed by atoms with Crippen LogP contribution in [-0.4, -0.2) is 36.3 Å². The molecule has 6 nitrogen and oxygen atoms in total. The molecule has 1 saturated carbocycles. The van der Waals surface area contributed by atoms with E-state index in [2.05, 4.69) is 10.6 Å². The summed E-state index contributed by atoms with van der Waals surface area (Å²) in [6.07, 6.45) is 6.54. The number of hydrogen-bond donors (Lipinski definition) is 2. The molecule has 0 radical (unpaired) electrons. The highest BCUT2D eigenvalue weighted by Gasteiger charge is 2.36. The monoisotopic (exact) mass is 324 g/mol. The Labute approximate surface area is 138 Å². The molecule has 0 atom stereocenters. The smallest absolute Gasteiger partial charge is 0.407 e. The molecule has 23 heavy (non-hydrogen) atoms. The third kappa shape index (κ3) is 5.44. The van der Waals surface area contributed by atoms with E-state index in [1.807, 2.05) is 20.8 Å². The van der Waals surface area contributed by atoms with E-state index in [1.165, 1.54) is 0 Å². The van der Waals surface area contributed by atoms with Crippen molar-refractivity contribution in [1.82, 2.24) is 10.6 Å². The Morgan fingerprint density at radius 1 is 1.26 bits per heavy atom. The van der Waals surface area contributed by atoms with Crippen LogP contribution in [0.2, 0.25) is 0 Å². The summed E-state index contributed by atoms with van der Waals surface area (Å²) >= 11 is 0. The van der Waals surface area contributed by atoms with E-state index in [9.17, 15) is 9.59 Å². The fourth-order valence-electron chi connectivity index (χ4n) is 3.01. The maximum atomic E-state index is 12.4. The van der Waals surface area contributed by atoms with Gasteiger partial charge in [0.25, 0.3) is 5.91 Å². The number of nitrogens with one attached hydrogen (secondary N) is 2. The Hall–Kier alpha value is -1.72. The Balaban J connectivity index is 1.92. The van der Waals surface area contributed by atoms with Crippen LogP contribution in [0.25, 0.3) is 0 Å². The van der Waals surface area contributed by atoms with E-state index in [0.29, 0.717) is 18.7 Å². The van der Waals surface area contributed by atoms with Gasteiger partial charge in [-0.05, 0) is 46.5 Å². The Morgan fingerprint density at radius 3 is 2.52 bits per heavy atom. The summed E-state index contributed by atoms with van der Waals surface area (Å²) in [5, 5.41) is 5.93. The van der Waals surface area contributed by atoms with Crippen molar-refractivity contribution in [2.45, 2.75) is 70.4 Å². The quantitative estimate of drug-likeness (QED) is 0.833. The summed E-state index contributed by atoms with van der Waals surface area (Å²) in [6, 6.07) is 0. The van der Waals surface area contributed by atoms with Crippen LogP contribution in [0.3, 0.4) is 0 Å². The summed E-state index contributed by atoms with van der Waals surface area (Å²) in [6.45, 7) is 6.55. The Morgan fingerprint density at radius 2 is 1.96 bits per heavy atom. The molecule has 0 unspecified atom stereocenters. The molecule has 0 aromatic heterocycles. The van der Waals surface area contributed by atoms with Crippen molar-refractivity contribution in [3.05, 3.63) is 11.8 Å². The van der Waals surface area contributed by atoms with Crippen LogP contribution in [-0.2, 0) is 14.3 Å². The molecule has 1 aliphatic carbocycles. The molecule has 0 aromatic rings. The minimum absolute atomic E-state index is 0.0856. The zero-order chi connectivity index (χ0) is 16.9. The average molecular weight is 324 g/mol. The van der Waals surface area contributed by atoms with Gasteiger partial charge in [-0.25, -0.2) is 4.79 Å². The molecule has 6 heteroatoms. The van der Waals surface area contributed by atoms with Crippen LogP contribution < -0.4 is 10.6 Å². The van der Waals surface area contributed by atoms with Gasteiger partial charge in [0, 0.05) is 6.54 Å². The molecule has 2 rings (SSSR count). The second kappa shape index (κ2) is 7.23. The maximum absolute atomic E-state index is 12.4. The second-order valence-electron chi connectivity index (χ2n) is 7.41. The minimum Gasteiger partial charge on any atom is -0.501 e. The van der Waals surface area contributed by atoms with Crippen molar-refractivity contribution in [3.8, 4) is 0 Å². The van der Waals surface area contributed by atoms with Crippen LogP contribution in [0.1, 0.15) is 59.3 Å². The number of rotatable bonds is 4. The van der Waals surface area contributed by atoms with Gasteiger partial charge in [-0.1, -0.05) is 12.8 Å². The summed E-state index contributed by atoms with van der Waals surface area (Å²) in [7, 11) is 0. The van der Waals surface area contributed by atoms with Crippen molar-refractivity contribution in [3.63, 3.8) is 0 Å². The summed E-state index contributed by atoms with van der Waals surface area (Å²) in [5.41, 5.74) is -0.230. The average Bonchev–Trinajstić information content (AvgIpc) is 2.93. The summed E-state index contributed by atoms with van der Waals surface area (Å²) < 4.78 is 10.5. The molecule has 1 aliphatic heterocycles. The molecule has 1 fully saturated rings. The molecule has 0 saturated heterocycles. The van der Waals surface area contributed by atoms with Crippen LogP contribution in [0.5, 0.6) is 0 Å².